The fourth-order valence-corrected chi connectivity index (χ4v) is 2.19. The van der Waals surface area contributed by atoms with Gasteiger partial charge in [0.15, 0.2) is 0 Å². The smallest absolute Gasteiger partial charge is 0.122 e. The van der Waals surface area contributed by atoms with E-state index in [9.17, 15) is 5.11 Å². The first-order chi connectivity index (χ1) is 7.90. The predicted octanol–water partition coefficient (Wildman–Crippen LogP) is 1.74. The van der Waals surface area contributed by atoms with Gasteiger partial charge in [0.25, 0.3) is 0 Å². The first-order valence-electron chi connectivity index (χ1n) is 6.21. The normalized spacial score (nSPS) is 14.3. The number of imidazole rings is 1. The van der Waals surface area contributed by atoms with Crippen molar-refractivity contribution in [2.75, 3.05) is 13.7 Å². The molecule has 0 aromatic carbocycles. The highest BCUT2D eigenvalue weighted by Crippen LogP contribution is 2.24. The molecule has 0 saturated carbocycles. The van der Waals surface area contributed by atoms with Gasteiger partial charge in [-0.05, 0) is 19.4 Å². The Hall–Kier alpha value is -0.870. The molecule has 0 spiro atoms. The van der Waals surface area contributed by atoms with Crippen molar-refractivity contribution in [2.45, 2.75) is 46.8 Å². The van der Waals surface area contributed by atoms with E-state index in [1.54, 1.807) is 0 Å². The van der Waals surface area contributed by atoms with Crippen LogP contribution in [0.5, 0.6) is 0 Å². The Balaban J connectivity index is 2.74. The Kier molecular flexibility index (Phi) is 4.71. The molecule has 1 atom stereocenters. The molecule has 0 aliphatic heterocycles. The van der Waals surface area contributed by atoms with Crippen molar-refractivity contribution in [3.63, 3.8) is 0 Å². The average molecular weight is 239 g/mol. The Morgan fingerprint density at radius 1 is 1.47 bits per heavy atom. The van der Waals surface area contributed by atoms with E-state index in [0.29, 0.717) is 0 Å². The van der Waals surface area contributed by atoms with Gasteiger partial charge in [-0.2, -0.15) is 0 Å². The summed E-state index contributed by atoms with van der Waals surface area (Å²) in [6.07, 6.45) is 3.83. The lowest BCUT2D eigenvalue weighted by atomic mass is 9.86. The van der Waals surface area contributed by atoms with Crippen LogP contribution in [0.25, 0.3) is 0 Å². The fraction of sp³-hybridized carbons (Fsp3) is 0.769. The van der Waals surface area contributed by atoms with E-state index < -0.39 is 0 Å². The maximum Gasteiger partial charge on any atom is 0.122 e. The molecule has 1 unspecified atom stereocenters. The Labute approximate surface area is 104 Å². The topological polar surface area (TPSA) is 41.3 Å². The highest BCUT2D eigenvalue weighted by molar-refractivity contribution is 4.93. The standard InChI is InChI=1S/C13H25N3O/c1-6-16-8-7-14-12(16)9-15(5)11(10-17)13(2,3)4/h7-8,11,17H,6,9-10H2,1-5H3. The maximum atomic E-state index is 9.52. The van der Waals surface area contributed by atoms with E-state index in [2.05, 4.69) is 42.1 Å². The van der Waals surface area contributed by atoms with Crippen molar-refractivity contribution in [3.05, 3.63) is 18.2 Å². The van der Waals surface area contributed by atoms with Crippen LogP contribution >= 0.6 is 0 Å². The zero-order valence-corrected chi connectivity index (χ0v) is 11.6. The molecule has 1 N–H and O–H groups in total. The fourth-order valence-electron chi connectivity index (χ4n) is 2.19. The van der Waals surface area contributed by atoms with Gasteiger partial charge >= 0.3 is 0 Å². The first-order valence-corrected chi connectivity index (χ1v) is 6.21. The Bertz CT molecular complexity index is 341. The van der Waals surface area contributed by atoms with Crippen molar-refractivity contribution >= 4 is 0 Å². The summed E-state index contributed by atoms with van der Waals surface area (Å²) in [7, 11) is 2.04. The van der Waals surface area contributed by atoms with Crippen LogP contribution in [0.15, 0.2) is 12.4 Å². The molecule has 0 bridgehead atoms. The third-order valence-electron chi connectivity index (χ3n) is 3.24. The molecule has 0 aliphatic rings. The van der Waals surface area contributed by atoms with Gasteiger partial charge in [0.05, 0.1) is 13.2 Å². The van der Waals surface area contributed by atoms with Gasteiger partial charge in [-0.25, -0.2) is 4.98 Å². The molecule has 0 fully saturated rings. The number of hydrogen-bond donors (Lipinski definition) is 1. The van der Waals surface area contributed by atoms with Crippen molar-refractivity contribution in [1.29, 1.82) is 0 Å². The SMILES string of the molecule is CCn1ccnc1CN(C)C(CO)C(C)(C)C. The number of aliphatic hydroxyl groups is 1. The molecule has 1 heterocycles. The van der Waals surface area contributed by atoms with Crippen molar-refractivity contribution in [3.8, 4) is 0 Å². The third-order valence-corrected chi connectivity index (χ3v) is 3.24. The lowest BCUT2D eigenvalue weighted by Gasteiger charge is -2.36. The van der Waals surface area contributed by atoms with Crippen molar-refractivity contribution in [2.24, 2.45) is 5.41 Å². The van der Waals surface area contributed by atoms with Crippen LogP contribution in [0.3, 0.4) is 0 Å². The van der Waals surface area contributed by atoms with Gasteiger partial charge in [0.1, 0.15) is 5.82 Å². The van der Waals surface area contributed by atoms with Crippen LogP contribution in [0, 0.1) is 5.41 Å². The second-order valence-electron chi connectivity index (χ2n) is 5.61. The molecule has 0 aliphatic carbocycles. The van der Waals surface area contributed by atoms with Crippen LogP contribution in [-0.2, 0) is 13.1 Å². The lowest BCUT2D eigenvalue weighted by Crippen LogP contribution is -2.44. The second-order valence-corrected chi connectivity index (χ2v) is 5.61. The second kappa shape index (κ2) is 5.65. The van der Waals surface area contributed by atoms with Gasteiger partial charge < -0.3 is 9.67 Å². The molecule has 1 aromatic rings. The van der Waals surface area contributed by atoms with E-state index in [4.69, 9.17) is 0 Å². The van der Waals surface area contributed by atoms with E-state index in [1.165, 1.54) is 0 Å². The summed E-state index contributed by atoms with van der Waals surface area (Å²) in [6.45, 7) is 10.4. The minimum atomic E-state index is 0.0626. The van der Waals surface area contributed by atoms with Crippen LogP contribution in [0.2, 0.25) is 0 Å². The third kappa shape index (κ3) is 3.54. The molecule has 17 heavy (non-hydrogen) atoms. The zero-order chi connectivity index (χ0) is 13.1. The van der Waals surface area contributed by atoms with E-state index in [0.717, 1.165) is 18.9 Å². The molecule has 1 aromatic heterocycles. The average Bonchev–Trinajstić information content (AvgIpc) is 2.63. The molecule has 98 valence electrons. The maximum absolute atomic E-state index is 9.52. The highest BCUT2D eigenvalue weighted by atomic mass is 16.3. The minimum absolute atomic E-state index is 0.0626. The molecule has 0 saturated heterocycles. The molecule has 1 rings (SSSR count). The molecule has 4 nitrogen and oxygen atoms in total. The lowest BCUT2D eigenvalue weighted by molar-refractivity contribution is 0.0592. The molecular weight excluding hydrogens is 214 g/mol. The predicted molar refractivity (Wildman–Crippen MR) is 69.7 cm³/mol. The minimum Gasteiger partial charge on any atom is -0.395 e. The number of nitrogens with zero attached hydrogens (tertiary/aromatic N) is 3. The molecule has 4 heteroatoms. The Morgan fingerprint density at radius 2 is 2.12 bits per heavy atom. The van der Waals surface area contributed by atoms with E-state index >= 15 is 0 Å². The summed E-state index contributed by atoms with van der Waals surface area (Å²) in [5.74, 6) is 1.05. The van der Waals surface area contributed by atoms with Gasteiger partial charge in [-0.15, -0.1) is 0 Å². The summed E-state index contributed by atoms with van der Waals surface area (Å²) in [5.41, 5.74) is 0.0626. The molecule has 0 amide bonds. The number of hydrogen-bond acceptors (Lipinski definition) is 3. The number of aliphatic hydroxyl groups excluding tert-OH is 1. The van der Waals surface area contributed by atoms with Gasteiger partial charge in [-0.3, -0.25) is 4.90 Å². The van der Waals surface area contributed by atoms with Crippen LogP contribution in [0.1, 0.15) is 33.5 Å². The van der Waals surface area contributed by atoms with Crippen LogP contribution in [-0.4, -0.2) is 39.3 Å². The van der Waals surface area contributed by atoms with Crippen molar-refractivity contribution < 1.29 is 5.11 Å². The largest absolute Gasteiger partial charge is 0.395 e. The highest BCUT2D eigenvalue weighted by Gasteiger charge is 2.28. The van der Waals surface area contributed by atoms with Gasteiger partial charge in [0.2, 0.25) is 0 Å². The number of aromatic nitrogens is 2. The number of likely N-dealkylation sites (N-methyl/N-ethyl adjacent to an activating group) is 1. The summed E-state index contributed by atoms with van der Waals surface area (Å²) in [6, 6.07) is 0.143. The molecule has 0 radical (unpaired) electrons. The summed E-state index contributed by atoms with van der Waals surface area (Å²) in [5, 5.41) is 9.52. The number of aryl methyl sites for hydroxylation is 1. The van der Waals surface area contributed by atoms with Gasteiger partial charge in [0, 0.05) is 25.0 Å². The summed E-state index contributed by atoms with van der Waals surface area (Å²) in [4.78, 5) is 6.54. The quantitative estimate of drug-likeness (QED) is 0.851. The zero-order valence-electron chi connectivity index (χ0n) is 11.6. The van der Waals surface area contributed by atoms with Crippen molar-refractivity contribution in [1.82, 2.24) is 14.5 Å². The monoisotopic (exact) mass is 239 g/mol. The molecular formula is C13H25N3O. The van der Waals surface area contributed by atoms with Gasteiger partial charge in [-0.1, -0.05) is 20.8 Å². The summed E-state index contributed by atoms with van der Waals surface area (Å²) >= 11 is 0. The summed E-state index contributed by atoms with van der Waals surface area (Å²) < 4.78 is 2.13. The van der Waals surface area contributed by atoms with E-state index in [1.807, 2.05) is 19.4 Å². The Morgan fingerprint density at radius 3 is 2.59 bits per heavy atom. The van der Waals surface area contributed by atoms with Crippen LogP contribution < -0.4 is 0 Å². The van der Waals surface area contributed by atoms with E-state index in [-0.39, 0.29) is 18.1 Å². The first kappa shape index (κ1) is 14.2. The number of rotatable bonds is 5. The van der Waals surface area contributed by atoms with Crippen LogP contribution in [0.4, 0.5) is 0 Å².